The van der Waals surface area contributed by atoms with Crippen LogP contribution in [0.5, 0.6) is 5.75 Å². The predicted molar refractivity (Wildman–Crippen MR) is 102 cm³/mol. The molecule has 1 aliphatic heterocycles. The van der Waals surface area contributed by atoms with Crippen molar-refractivity contribution in [3.8, 4) is 17.1 Å². The van der Waals surface area contributed by atoms with E-state index in [0.717, 1.165) is 50.0 Å². The van der Waals surface area contributed by atoms with E-state index in [1.54, 1.807) is 7.11 Å². The summed E-state index contributed by atoms with van der Waals surface area (Å²) in [6, 6.07) is 7.58. The van der Waals surface area contributed by atoms with Crippen LogP contribution in [-0.4, -0.2) is 47.7 Å². The minimum atomic E-state index is 0.0959. The second-order valence-electron chi connectivity index (χ2n) is 6.97. The Labute approximate surface area is 159 Å². The number of unbranched alkanes of at least 4 members (excludes halogenated alkanes) is 2. The molecule has 0 bridgehead atoms. The number of amides is 1. The highest BCUT2D eigenvalue weighted by Gasteiger charge is 2.28. The highest BCUT2D eigenvalue weighted by atomic mass is 16.5. The van der Waals surface area contributed by atoms with Crippen LogP contribution >= 0.6 is 0 Å². The first-order valence-corrected chi connectivity index (χ1v) is 9.67. The van der Waals surface area contributed by atoms with E-state index >= 15 is 0 Å². The van der Waals surface area contributed by atoms with Crippen LogP contribution in [0.25, 0.3) is 11.4 Å². The van der Waals surface area contributed by atoms with Crippen LogP contribution in [0.2, 0.25) is 0 Å². The molecule has 2 heterocycles. The summed E-state index contributed by atoms with van der Waals surface area (Å²) < 4.78 is 10.8. The van der Waals surface area contributed by atoms with Gasteiger partial charge in [0.1, 0.15) is 5.75 Å². The number of nitrogens with zero attached hydrogens (tertiary/aromatic N) is 3. The lowest BCUT2D eigenvalue weighted by molar-refractivity contribution is -0.132. The molecule has 2 aromatic rings. The molecule has 7 nitrogen and oxygen atoms in total. The molecule has 0 spiro atoms. The highest BCUT2D eigenvalue weighted by Crippen LogP contribution is 2.29. The van der Waals surface area contributed by atoms with Crippen molar-refractivity contribution >= 4 is 5.91 Å². The highest BCUT2D eigenvalue weighted by molar-refractivity contribution is 5.76. The van der Waals surface area contributed by atoms with Crippen LogP contribution in [0.15, 0.2) is 28.8 Å². The molecule has 0 saturated carbocycles. The van der Waals surface area contributed by atoms with Crippen molar-refractivity contribution in [2.24, 2.45) is 5.73 Å². The van der Waals surface area contributed by atoms with Crippen molar-refractivity contribution in [3.05, 3.63) is 30.2 Å². The average molecular weight is 372 g/mol. The molecular weight excluding hydrogens is 344 g/mol. The number of methoxy groups -OCH3 is 1. The van der Waals surface area contributed by atoms with E-state index in [1.165, 1.54) is 0 Å². The summed E-state index contributed by atoms with van der Waals surface area (Å²) in [5.41, 5.74) is 6.36. The lowest BCUT2D eigenvalue weighted by Gasteiger charge is -2.31. The lowest BCUT2D eigenvalue weighted by atomic mass is 9.97. The minimum Gasteiger partial charge on any atom is -0.497 e. The third-order valence-electron chi connectivity index (χ3n) is 4.99. The zero-order chi connectivity index (χ0) is 19.1. The Morgan fingerprint density at radius 2 is 2.26 bits per heavy atom. The Kier molecular flexibility index (Phi) is 6.81. The molecule has 3 rings (SSSR count). The average Bonchev–Trinajstić information content (AvgIpc) is 3.21. The molecule has 1 saturated heterocycles. The van der Waals surface area contributed by atoms with Gasteiger partial charge in [0.2, 0.25) is 17.6 Å². The van der Waals surface area contributed by atoms with Crippen LogP contribution in [-0.2, 0) is 4.79 Å². The molecule has 1 aromatic carbocycles. The second-order valence-corrected chi connectivity index (χ2v) is 6.97. The normalized spacial score (nSPS) is 17.1. The third kappa shape index (κ3) is 5.07. The van der Waals surface area contributed by atoms with E-state index < -0.39 is 0 Å². The van der Waals surface area contributed by atoms with Crippen molar-refractivity contribution in [2.75, 3.05) is 26.7 Å². The lowest BCUT2D eigenvalue weighted by Crippen LogP contribution is -2.39. The zero-order valence-corrected chi connectivity index (χ0v) is 15.9. The number of nitrogens with two attached hydrogens (primary N) is 1. The van der Waals surface area contributed by atoms with Crippen molar-refractivity contribution in [3.63, 3.8) is 0 Å². The van der Waals surface area contributed by atoms with Gasteiger partial charge in [-0.25, -0.2) is 0 Å². The first-order chi connectivity index (χ1) is 13.2. The van der Waals surface area contributed by atoms with Crippen LogP contribution in [0, 0.1) is 0 Å². The van der Waals surface area contributed by atoms with E-state index in [9.17, 15) is 4.79 Å². The number of piperidine rings is 1. The monoisotopic (exact) mass is 372 g/mol. The van der Waals surface area contributed by atoms with E-state index in [4.69, 9.17) is 15.0 Å². The van der Waals surface area contributed by atoms with Crippen LogP contribution in [0.3, 0.4) is 0 Å². The van der Waals surface area contributed by atoms with Crippen LogP contribution in [0.4, 0.5) is 0 Å². The SMILES string of the molecule is COc1cccc(-c2noc([C@H]3CCCN(C(=O)CCCCCN)C3)n2)c1. The van der Waals surface area contributed by atoms with Gasteiger partial charge in [0, 0.05) is 25.1 Å². The molecule has 1 amide bonds. The first-order valence-electron chi connectivity index (χ1n) is 9.67. The number of hydrogen-bond acceptors (Lipinski definition) is 6. The van der Waals surface area contributed by atoms with E-state index in [1.807, 2.05) is 29.2 Å². The molecule has 1 fully saturated rings. The summed E-state index contributed by atoms with van der Waals surface area (Å²) in [4.78, 5) is 19.0. The Balaban J connectivity index is 1.61. The number of likely N-dealkylation sites (tertiary alicyclic amines) is 1. The maximum atomic E-state index is 12.4. The van der Waals surface area contributed by atoms with Gasteiger partial charge in [-0.3, -0.25) is 4.79 Å². The quantitative estimate of drug-likeness (QED) is 0.716. The largest absolute Gasteiger partial charge is 0.497 e. The maximum absolute atomic E-state index is 12.4. The topological polar surface area (TPSA) is 94.5 Å². The van der Waals surface area contributed by atoms with Gasteiger partial charge in [-0.15, -0.1) is 0 Å². The van der Waals surface area contributed by atoms with E-state index in [-0.39, 0.29) is 11.8 Å². The first kappa shape index (κ1) is 19.4. The fraction of sp³-hybridized carbons (Fsp3) is 0.550. The Hall–Kier alpha value is -2.41. The second kappa shape index (κ2) is 9.50. The fourth-order valence-corrected chi connectivity index (χ4v) is 3.44. The molecule has 2 N–H and O–H groups in total. The molecule has 7 heteroatoms. The number of carbonyl (C=O) groups excluding carboxylic acids is 1. The molecule has 0 unspecified atom stereocenters. The van der Waals surface area contributed by atoms with E-state index in [2.05, 4.69) is 10.1 Å². The van der Waals surface area contributed by atoms with Crippen molar-refractivity contribution in [2.45, 2.75) is 44.4 Å². The molecule has 1 aliphatic rings. The van der Waals surface area contributed by atoms with Crippen molar-refractivity contribution in [1.82, 2.24) is 15.0 Å². The summed E-state index contributed by atoms with van der Waals surface area (Å²) in [7, 11) is 1.63. The molecule has 27 heavy (non-hydrogen) atoms. The molecule has 0 aliphatic carbocycles. The third-order valence-corrected chi connectivity index (χ3v) is 4.99. The fourth-order valence-electron chi connectivity index (χ4n) is 3.44. The van der Waals surface area contributed by atoms with Gasteiger partial charge in [-0.05, 0) is 44.4 Å². The van der Waals surface area contributed by atoms with Gasteiger partial charge in [0.15, 0.2) is 0 Å². The van der Waals surface area contributed by atoms with Gasteiger partial charge in [-0.2, -0.15) is 4.98 Å². The van der Waals surface area contributed by atoms with Crippen molar-refractivity contribution in [1.29, 1.82) is 0 Å². The predicted octanol–water partition coefficient (Wildman–Crippen LogP) is 2.97. The van der Waals surface area contributed by atoms with Gasteiger partial charge in [-0.1, -0.05) is 23.7 Å². The Morgan fingerprint density at radius 1 is 1.37 bits per heavy atom. The molecule has 146 valence electrons. The molecular formula is C20H28N4O3. The number of rotatable bonds is 8. The number of carbonyl (C=O) groups is 1. The standard InChI is InChI=1S/C20H28N4O3/c1-26-17-9-5-7-15(13-17)19-22-20(27-23-19)16-8-6-12-24(14-16)18(25)10-3-2-4-11-21/h5,7,9,13,16H,2-4,6,8,10-12,14,21H2,1H3/t16-/m0/s1. The molecule has 1 atom stereocenters. The number of benzene rings is 1. The summed E-state index contributed by atoms with van der Waals surface area (Å²) in [5, 5.41) is 4.12. The summed E-state index contributed by atoms with van der Waals surface area (Å²) in [6.45, 7) is 2.14. The van der Waals surface area contributed by atoms with Crippen LogP contribution in [0.1, 0.15) is 50.3 Å². The Morgan fingerprint density at radius 3 is 3.07 bits per heavy atom. The number of hydrogen-bond donors (Lipinski definition) is 1. The summed E-state index contributed by atoms with van der Waals surface area (Å²) in [6.07, 6.45) is 5.38. The number of ether oxygens (including phenoxy) is 1. The van der Waals surface area contributed by atoms with Gasteiger partial charge < -0.3 is 19.9 Å². The molecule has 0 radical (unpaired) electrons. The van der Waals surface area contributed by atoms with Gasteiger partial charge >= 0.3 is 0 Å². The maximum Gasteiger partial charge on any atom is 0.231 e. The summed E-state index contributed by atoms with van der Waals surface area (Å²) in [5.74, 6) is 2.22. The zero-order valence-electron chi connectivity index (χ0n) is 15.9. The van der Waals surface area contributed by atoms with Crippen LogP contribution < -0.4 is 10.5 Å². The smallest absolute Gasteiger partial charge is 0.231 e. The van der Waals surface area contributed by atoms with Gasteiger partial charge in [0.05, 0.1) is 13.0 Å². The number of aromatic nitrogens is 2. The van der Waals surface area contributed by atoms with Crippen molar-refractivity contribution < 1.29 is 14.1 Å². The minimum absolute atomic E-state index is 0.0959. The Bertz CT molecular complexity index is 746. The molecule has 1 aromatic heterocycles. The summed E-state index contributed by atoms with van der Waals surface area (Å²) >= 11 is 0. The van der Waals surface area contributed by atoms with Gasteiger partial charge in [0.25, 0.3) is 0 Å². The van der Waals surface area contributed by atoms with E-state index in [0.29, 0.717) is 31.2 Å².